The standard InChI is InChI=1S/C8H8O3.C5H12O2/c9-7-5-3-1-2-4-6(5)8(10)11-7;1-5(2,3-6)4-7/h1,3,5-6H,2,4H2;6-7H,3-4H2,1-2H3. The van der Waals surface area contributed by atoms with E-state index in [9.17, 15) is 9.59 Å². The molecule has 1 saturated heterocycles. The molecule has 5 heteroatoms. The SMILES string of the molecule is CC(C)(CO)CO.O=C1OC(=O)C2CCC=CC12. The number of fused-ring (bicyclic) bond motifs is 1. The summed E-state index contributed by atoms with van der Waals surface area (Å²) in [7, 11) is 0. The number of esters is 2. The average Bonchev–Trinajstić information content (AvgIpc) is 2.67. The van der Waals surface area contributed by atoms with E-state index < -0.39 is 0 Å². The molecular weight excluding hydrogens is 236 g/mol. The fourth-order valence-electron chi connectivity index (χ4n) is 1.63. The molecule has 0 radical (unpaired) electrons. The van der Waals surface area contributed by atoms with Crippen molar-refractivity contribution in [3.63, 3.8) is 0 Å². The van der Waals surface area contributed by atoms with Crippen LogP contribution in [0.5, 0.6) is 0 Å². The van der Waals surface area contributed by atoms with Crippen LogP contribution in [0, 0.1) is 17.3 Å². The van der Waals surface area contributed by atoms with Crippen LogP contribution >= 0.6 is 0 Å². The first-order valence-corrected chi connectivity index (χ1v) is 6.05. The number of ether oxygens (including phenoxy) is 1. The van der Waals surface area contributed by atoms with Crippen molar-refractivity contribution in [2.75, 3.05) is 13.2 Å². The molecule has 2 aliphatic rings. The summed E-state index contributed by atoms with van der Waals surface area (Å²) in [6.45, 7) is 3.69. The Bertz CT molecular complexity index is 339. The number of allylic oxidation sites excluding steroid dienone is 1. The Morgan fingerprint density at radius 1 is 1.28 bits per heavy atom. The maximum Gasteiger partial charge on any atom is 0.321 e. The van der Waals surface area contributed by atoms with Crippen LogP contribution in [0.25, 0.3) is 0 Å². The predicted molar refractivity (Wildman–Crippen MR) is 64.4 cm³/mol. The number of carbonyl (C=O) groups excluding carboxylic acids is 2. The molecule has 2 unspecified atom stereocenters. The molecule has 1 aliphatic heterocycles. The third kappa shape index (κ3) is 3.65. The molecule has 18 heavy (non-hydrogen) atoms. The van der Waals surface area contributed by atoms with Gasteiger partial charge in [0.25, 0.3) is 0 Å². The number of hydrogen-bond donors (Lipinski definition) is 2. The van der Waals surface area contributed by atoms with E-state index >= 15 is 0 Å². The van der Waals surface area contributed by atoms with Gasteiger partial charge in [0, 0.05) is 5.41 Å². The van der Waals surface area contributed by atoms with E-state index in [1.165, 1.54) is 0 Å². The minimum Gasteiger partial charge on any atom is -0.396 e. The zero-order valence-electron chi connectivity index (χ0n) is 10.8. The molecule has 0 aromatic carbocycles. The lowest BCUT2D eigenvalue weighted by Gasteiger charge is -2.16. The fourth-order valence-corrected chi connectivity index (χ4v) is 1.63. The molecule has 1 aliphatic carbocycles. The van der Waals surface area contributed by atoms with Crippen LogP contribution in [-0.2, 0) is 14.3 Å². The number of cyclic esters (lactones) is 2. The molecule has 0 aromatic heterocycles. The highest BCUT2D eigenvalue weighted by Gasteiger charge is 2.43. The molecule has 2 rings (SSSR count). The van der Waals surface area contributed by atoms with E-state index in [-0.39, 0.29) is 42.4 Å². The number of carbonyl (C=O) groups is 2. The Kier molecular flexibility index (Phi) is 5.04. The van der Waals surface area contributed by atoms with E-state index in [1.54, 1.807) is 19.9 Å². The minimum atomic E-state index is -0.379. The molecule has 1 fully saturated rings. The highest BCUT2D eigenvalue weighted by atomic mass is 16.6. The topological polar surface area (TPSA) is 83.8 Å². The van der Waals surface area contributed by atoms with Crippen LogP contribution in [0.4, 0.5) is 0 Å². The Morgan fingerprint density at radius 3 is 2.33 bits per heavy atom. The van der Waals surface area contributed by atoms with Gasteiger partial charge in [-0.2, -0.15) is 0 Å². The van der Waals surface area contributed by atoms with Crippen molar-refractivity contribution < 1.29 is 24.5 Å². The van der Waals surface area contributed by atoms with Gasteiger partial charge < -0.3 is 14.9 Å². The first-order valence-electron chi connectivity index (χ1n) is 6.05. The van der Waals surface area contributed by atoms with Crippen molar-refractivity contribution in [3.05, 3.63) is 12.2 Å². The number of aliphatic hydroxyl groups is 2. The van der Waals surface area contributed by atoms with Crippen molar-refractivity contribution in [1.82, 2.24) is 0 Å². The second kappa shape index (κ2) is 6.11. The van der Waals surface area contributed by atoms with E-state index in [0.717, 1.165) is 12.8 Å². The van der Waals surface area contributed by atoms with Gasteiger partial charge in [-0.25, -0.2) is 0 Å². The van der Waals surface area contributed by atoms with E-state index in [1.807, 2.05) is 6.08 Å². The van der Waals surface area contributed by atoms with Crippen molar-refractivity contribution >= 4 is 11.9 Å². The second-order valence-electron chi connectivity index (χ2n) is 5.36. The van der Waals surface area contributed by atoms with Gasteiger partial charge in [-0.1, -0.05) is 26.0 Å². The van der Waals surface area contributed by atoms with Gasteiger partial charge in [-0.15, -0.1) is 0 Å². The van der Waals surface area contributed by atoms with E-state index in [2.05, 4.69) is 4.74 Å². The van der Waals surface area contributed by atoms with Crippen LogP contribution in [0.15, 0.2) is 12.2 Å². The van der Waals surface area contributed by atoms with Crippen molar-refractivity contribution in [1.29, 1.82) is 0 Å². The number of rotatable bonds is 2. The minimum absolute atomic E-state index is 0.0451. The van der Waals surface area contributed by atoms with Crippen LogP contribution < -0.4 is 0 Å². The highest BCUT2D eigenvalue weighted by Crippen LogP contribution is 2.32. The molecule has 0 saturated carbocycles. The molecule has 2 N–H and O–H groups in total. The molecular formula is C13H20O5. The Hall–Kier alpha value is -1.20. The zero-order valence-corrected chi connectivity index (χ0v) is 10.8. The maximum absolute atomic E-state index is 10.9. The summed E-state index contributed by atoms with van der Waals surface area (Å²) in [5.74, 6) is -1.19. The lowest BCUT2D eigenvalue weighted by molar-refractivity contribution is -0.153. The normalized spacial score (nSPS) is 26.2. The third-order valence-corrected chi connectivity index (χ3v) is 3.05. The van der Waals surface area contributed by atoms with Gasteiger partial charge >= 0.3 is 11.9 Å². The number of aliphatic hydroxyl groups excluding tert-OH is 2. The second-order valence-corrected chi connectivity index (χ2v) is 5.36. The quantitative estimate of drug-likeness (QED) is 0.430. The Morgan fingerprint density at radius 2 is 1.89 bits per heavy atom. The van der Waals surface area contributed by atoms with E-state index in [4.69, 9.17) is 10.2 Å². The summed E-state index contributed by atoms with van der Waals surface area (Å²) in [4.78, 5) is 21.9. The first kappa shape index (κ1) is 14.9. The van der Waals surface area contributed by atoms with E-state index in [0.29, 0.717) is 0 Å². The summed E-state index contributed by atoms with van der Waals surface area (Å²) in [6.07, 6.45) is 5.34. The van der Waals surface area contributed by atoms with Gasteiger partial charge in [0.05, 0.1) is 25.0 Å². The largest absolute Gasteiger partial charge is 0.396 e. The molecule has 0 aromatic rings. The summed E-state index contributed by atoms with van der Waals surface area (Å²) >= 11 is 0. The van der Waals surface area contributed by atoms with Gasteiger partial charge in [0.2, 0.25) is 0 Å². The highest BCUT2D eigenvalue weighted by molar-refractivity contribution is 5.97. The van der Waals surface area contributed by atoms with Crippen LogP contribution in [0.1, 0.15) is 26.7 Å². The average molecular weight is 256 g/mol. The summed E-state index contributed by atoms with van der Waals surface area (Å²) in [5.41, 5.74) is -0.306. The summed E-state index contributed by atoms with van der Waals surface area (Å²) < 4.78 is 4.48. The number of hydrogen-bond acceptors (Lipinski definition) is 5. The van der Waals surface area contributed by atoms with Crippen molar-refractivity contribution in [2.24, 2.45) is 17.3 Å². The molecule has 102 valence electrons. The van der Waals surface area contributed by atoms with Crippen LogP contribution in [-0.4, -0.2) is 35.4 Å². The molecule has 5 nitrogen and oxygen atoms in total. The Labute approximate surface area is 106 Å². The Balaban J connectivity index is 0.000000203. The lowest BCUT2D eigenvalue weighted by Crippen LogP contribution is -2.20. The van der Waals surface area contributed by atoms with Gasteiger partial charge in [0.1, 0.15) is 0 Å². The lowest BCUT2D eigenvalue weighted by atomic mass is 9.86. The fraction of sp³-hybridized carbons (Fsp3) is 0.692. The van der Waals surface area contributed by atoms with Crippen molar-refractivity contribution in [3.8, 4) is 0 Å². The van der Waals surface area contributed by atoms with Crippen LogP contribution in [0.2, 0.25) is 0 Å². The van der Waals surface area contributed by atoms with Gasteiger partial charge in [0.15, 0.2) is 0 Å². The monoisotopic (exact) mass is 256 g/mol. The molecule has 0 amide bonds. The zero-order chi connectivity index (χ0) is 13.8. The summed E-state index contributed by atoms with van der Waals surface area (Å²) in [6, 6.07) is 0. The first-order chi connectivity index (χ1) is 8.41. The molecule has 0 spiro atoms. The van der Waals surface area contributed by atoms with Gasteiger partial charge in [-0.05, 0) is 12.8 Å². The maximum atomic E-state index is 10.9. The van der Waals surface area contributed by atoms with Gasteiger partial charge in [-0.3, -0.25) is 9.59 Å². The molecule has 1 heterocycles. The molecule has 2 atom stereocenters. The van der Waals surface area contributed by atoms with Crippen molar-refractivity contribution in [2.45, 2.75) is 26.7 Å². The smallest absolute Gasteiger partial charge is 0.321 e. The summed E-state index contributed by atoms with van der Waals surface area (Å²) in [5, 5.41) is 16.9. The third-order valence-electron chi connectivity index (χ3n) is 3.05. The predicted octanol–water partition coefficient (Wildman–Crippen LogP) is 0.649. The van der Waals surface area contributed by atoms with Crippen LogP contribution in [0.3, 0.4) is 0 Å². The molecule has 0 bridgehead atoms.